The van der Waals surface area contributed by atoms with Gasteiger partial charge in [-0.1, -0.05) is 17.7 Å². The van der Waals surface area contributed by atoms with Gasteiger partial charge in [0.1, 0.15) is 0 Å². The molecule has 136 valence electrons. The molecule has 0 saturated heterocycles. The van der Waals surface area contributed by atoms with E-state index in [4.69, 9.17) is 0 Å². The van der Waals surface area contributed by atoms with E-state index >= 15 is 0 Å². The summed E-state index contributed by atoms with van der Waals surface area (Å²) in [6.45, 7) is 7.10. The van der Waals surface area contributed by atoms with E-state index in [0.29, 0.717) is 13.1 Å². The number of hydrogen-bond acceptors (Lipinski definition) is 4. The number of likely N-dealkylation sites (N-methyl/N-ethyl adjacent to an activating group) is 1. The van der Waals surface area contributed by atoms with Gasteiger partial charge in [0.2, 0.25) is 15.9 Å². The first-order valence-corrected chi connectivity index (χ1v) is 9.83. The van der Waals surface area contributed by atoms with Gasteiger partial charge in [0.05, 0.1) is 6.26 Å². The van der Waals surface area contributed by atoms with Gasteiger partial charge in [-0.3, -0.25) is 4.79 Å². The number of carbonyl (C=O) groups excluding carboxylic acids is 1. The second-order valence-corrected chi connectivity index (χ2v) is 8.52. The Kier molecular flexibility index (Phi) is 7.38. The summed E-state index contributed by atoms with van der Waals surface area (Å²) in [5.41, 5.74) is 3.97. The summed E-state index contributed by atoms with van der Waals surface area (Å²) in [5.74, 6) is -0.177. The summed E-state index contributed by atoms with van der Waals surface area (Å²) in [7, 11) is 0.446. The van der Waals surface area contributed by atoms with E-state index in [1.807, 2.05) is 51.9 Å². The fraction of sp³-hybridized carbons (Fsp3) is 0.588. The van der Waals surface area contributed by atoms with Crippen LogP contribution in [-0.4, -0.2) is 63.5 Å². The van der Waals surface area contributed by atoms with Gasteiger partial charge in [0.15, 0.2) is 0 Å². The molecule has 1 aromatic rings. The monoisotopic (exact) mass is 355 g/mol. The first-order chi connectivity index (χ1) is 11.0. The average molecular weight is 356 g/mol. The highest BCUT2D eigenvalue weighted by Crippen LogP contribution is 2.22. The van der Waals surface area contributed by atoms with Crippen molar-refractivity contribution >= 4 is 21.6 Å². The molecule has 0 aliphatic carbocycles. The van der Waals surface area contributed by atoms with Crippen LogP contribution in [0.5, 0.6) is 0 Å². The van der Waals surface area contributed by atoms with Gasteiger partial charge in [-0.25, -0.2) is 12.7 Å². The summed E-state index contributed by atoms with van der Waals surface area (Å²) in [5, 5.41) is 2.91. The van der Waals surface area contributed by atoms with Crippen molar-refractivity contribution in [1.82, 2.24) is 9.21 Å². The van der Waals surface area contributed by atoms with Crippen molar-refractivity contribution in [2.45, 2.75) is 27.2 Å². The highest BCUT2D eigenvalue weighted by Gasteiger charge is 2.18. The molecule has 1 amide bonds. The topological polar surface area (TPSA) is 69.7 Å². The number of anilines is 1. The maximum Gasteiger partial charge on any atom is 0.225 e. The maximum atomic E-state index is 12.2. The minimum atomic E-state index is -3.32. The fourth-order valence-electron chi connectivity index (χ4n) is 2.56. The van der Waals surface area contributed by atoms with E-state index in [1.165, 1.54) is 10.6 Å². The lowest BCUT2D eigenvalue weighted by molar-refractivity contribution is -0.116. The molecule has 0 spiro atoms. The number of aryl methyl sites for hydroxylation is 3. The lowest BCUT2D eigenvalue weighted by Gasteiger charge is -2.22. The van der Waals surface area contributed by atoms with E-state index in [0.717, 1.165) is 22.4 Å². The number of nitrogens with one attached hydrogen (secondary N) is 1. The molecule has 1 rings (SSSR count). The minimum absolute atomic E-state index is 0.132. The van der Waals surface area contributed by atoms with Crippen LogP contribution in [0.4, 0.5) is 5.69 Å². The predicted octanol–water partition coefficient (Wildman–Crippen LogP) is 1.76. The smallest absolute Gasteiger partial charge is 0.225 e. The van der Waals surface area contributed by atoms with Gasteiger partial charge < -0.3 is 10.2 Å². The number of hydrogen-bond donors (Lipinski definition) is 1. The highest BCUT2D eigenvalue weighted by molar-refractivity contribution is 7.88. The Labute approximate surface area is 145 Å². The largest absolute Gasteiger partial charge is 0.326 e. The van der Waals surface area contributed by atoms with Crippen molar-refractivity contribution < 1.29 is 13.2 Å². The molecule has 1 N–H and O–H groups in total. The zero-order chi connectivity index (χ0) is 18.5. The lowest BCUT2D eigenvalue weighted by atomic mass is 10.1. The molecule has 0 saturated carbocycles. The van der Waals surface area contributed by atoms with Crippen molar-refractivity contribution in [3.05, 3.63) is 28.8 Å². The van der Waals surface area contributed by atoms with Crippen LogP contribution in [0.2, 0.25) is 0 Å². The van der Waals surface area contributed by atoms with E-state index in [9.17, 15) is 13.2 Å². The Morgan fingerprint density at radius 3 is 2.04 bits per heavy atom. The number of carbonyl (C=O) groups is 1. The first-order valence-electron chi connectivity index (χ1n) is 7.98. The number of amides is 1. The Morgan fingerprint density at radius 2 is 1.58 bits per heavy atom. The van der Waals surface area contributed by atoms with Gasteiger partial charge in [-0.2, -0.15) is 0 Å². The molecule has 0 aromatic heterocycles. The highest BCUT2D eigenvalue weighted by atomic mass is 32.2. The van der Waals surface area contributed by atoms with Crippen molar-refractivity contribution in [2.24, 2.45) is 0 Å². The molecule has 0 atom stereocenters. The average Bonchev–Trinajstić information content (AvgIpc) is 2.40. The van der Waals surface area contributed by atoms with Crippen LogP contribution in [0.25, 0.3) is 0 Å². The third-order valence-corrected chi connectivity index (χ3v) is 5.10. The molecule has 0 aliphatic heterocycles. The van der Waals surface area contributed by atoms with Crippen LogP contribution in [0, 0.1) is 20.8 Å². The minimum Gasteiger partial charge on any atom is -0.326 e. The van der Waals surface area contributed by atoms with Gasteiger partial charge in [-0.15, -0.1) is 0 Å². The summed E-state index contributed by atoms with van der Waals surface area (Å²) >= 11 is 0. The molecule has 0 fully saturated rings. The van der Waals surface area contributed by atoms with Gasteiger partial charge >= 0.3 is 0 Å². The lowest BCUT2D eigenvalue weighted by Crippen LogP contribution is -2.37. The normalized spacial score (nSPS) is 12.0. The molecular formula is C17H29N3O3S. The standard InChI is InChI=1S/C17H29N3O3S/c1-13-11-14(2)17(15(3)12-13)18-16(21)7-8-20(24(6,22)23)10-9-19(4)5/h11-12H,7-10H2,1-6H3,(H,18,21). The SMILES string of the molecule is Cc1cc(C)c(NC(=O)CCN(CCN(C)C)S(C)(=O)=O)c(C)c1. The second kappa shape index (κ2) is 8.60. The molecule has 7 heteroatoms. The fourth-order valence-corrected chi connectivity index (χ4v) is 3.40. The van der Waals surface area contributed by atoms with Crippen LogP contribution < -0.4 is 5.32 Å². The van der Waals surface area contributed by atoms with Gasteiger partial charge in [-0.05, 0) is 46.0 Å². The van der Waals surface area contributed by atoms with E-state index in [1.54, 1.807) is 0 Å². The Hall–Kier alpha value is -1.44. The number of nitrogens with zero attached hydrogens (tertiary/aromatic N) is 2. The third kappa shape index (κ3) is 6.59. The van der Waals surface area contributed by atoms with E-state index < -0.39 is 10.0 Å². The zero-order valence-corrected chi connectivity index (χ0v) is 16.3. The van der Waals surface area contributed by atoms with Crippen LogP contribution in [0.3, 0.4) is 0 Å². The summed E-state index contributed by atoms with van der Waals surface area (Å²) in [4.78, 5) is 14.1. The molecule has 0 aliphatic rings. The number of rotatable bonds is 8. The molecule has 0 heterocycles. The number of benzene rings is 1. The van der Waals surface area contributed by atoms with E-state index in [-0.39, 0.29) is 18.9 Å². The zero-order valence-electron chi connectivity index (χ0n) is 15.5. The van der Waals surface area contributed by atoms with Gasteiger partial charge in [0.25, 0.3) is 0 Å². The van der Waals surface area contributed by atoms with Crippen molar-refractivity contribution in [3.63, 3.8) is 0 Å². The van der Waals surface area contributed by atoms with Crippen LogP contribution >= 0.6 is 0 Å². The molecular weight excluding hydrogens is 326 g/mol. The van der Waals surface area contributed by atoms with Crippen LogP contribution in [0.15, 0.2) is 12.1 Å². The molecule has 0 bridgehead atoms. The maximum absolute atomic E-state index is 12.2. The van der Waals surface area contributed by atoms with Crippen LogP contribution in [-0.2, 0) is 14.8 Å². The Bertz CT molecular complexity index is 661. The molecule has 6 nitrogen and oxygen atoms in total. The van der Waals surface area contributed by atoms with E-state index in [2.05, 4.69) is 5.32 Å². The Balaban J connectivity index is 2.70. The summed E-state index contributed by atoms with van der Waals surface area (Å²) in [6.07, 6.45) is 1.31. The first kappa shape index (κ1) is 20.6. The predicted molar refractivity (Wildman–Crippen MR) is 98.9 cm³/mol. The molecule has 0 radical (unpaired) electrons. The van der Waals surface area contributed by atoms with Crippen molar-refractivity contribution in [2.75, 3.05) is 45.3 Å². The Morgan fingerprint density at radius 1 is 1.04 bits per heavy atom. The van der Waals surface area contributed by atoms with Gasteiger partial charge in [0, 0.05) is 31.7 Å². The summed E-state index contributed by atoms with van der Waals surface area (Å²) < 4.78 is 25.0. The molecule has 0 unspecified atom stereocenters. The second-order valence-electron chi connectivity index (χ2n) is 6.54. The molecule has 24 heavy (non-hydrogen) atoms. The third-order valence-electron chi connectivity index (χ3n) is 3.80. The number of sulfonamides is 1. The van der Waals surface area contributed by atoms with Crippen LogP contribution in [0.1, 0.15) is 23.1 Å². The molecule has 1 aromatic carbocycles. The van der Waals surface area contributed by atoms with Crippen molar-refractivity contribution in [1.29, 1.82) is 0 Å². The van der Waals surface area contributed by atoms with Crippen molar-refractivity contribution in [3.8, 4) is 0 Å². The summed E-state index contributed by atoms with van der Waals surface area (Å²) in [6, 6.07) is 4.03. The quantitative estimate of drug-likeness (QED) is 0.771.